The van der Waals surface area contributed by atoms with Gasteiger partial charge in [0, 0.05) is 12.2 Å². The number of esters is 1. The van der Waals surface area contributed by atoms with Crippen LogP contribution in [0.15, 0.2) is 30.3 Å². The Balaban J connectivity index is 1.93. The lowest BCUT2D eigenvalue weighted by atomic mass is 10.2. The van der Waals surface area contributed by atoms with Crippen molar-refractivity contribution in [2.24, 2.45) is 0 Å². The molecule has 0 spiro atoms. The molecule has 1 aromatic carbocycles. The maximum Gasteiger partial charge on any atom is 0.338 e. The van der Waals surface area contributed by atoms with Crippen molar-refractivity contribution in [3.8, 4) is 5.69 Å². The number of urea groups is 1. The van der Waals surface area contributed by atoms with E-state index in [1.165, 1.54) is 0 Å². The fourth-order valence-electron chi connectivity index (χ4n) is 2.21. The number of carbonyl (C=O) groups is 3. The Morgan fingerprint density at radius 3 is 2.40 bits per heavy atom. The molecule has 132 valence electrons. The third kappa shape index (κ3) is 4.90. The number of hydrogen-bond acceptors (Lipinski definition) is 5. The fraction of sp³-hybridized carbons (Fsp3) is 0.294. The van der Waals surface area contributed by atoms with Crippen LogP contribution in [0.25, 0.3) is 5.69 Å². The summed E-state index contributed by atoms with van der Waals surface area (Å²) in [4.78, 5) is 34.6. The zero-order valence-electron chi connectivity index (χ0n) is 14.3. The lowest BCUT2D eigenvalue weighted by molar-refractivity contribution is -0.123. The van der Waals surface area contributed by atoms with E-state index in [1.54, 1.807) is 35.9 Å². The predicted molar refractivity (Wildman–Crippen MR) is 90.5 cm³/mol. The van der Waals surface area contributed by atoms with E-state index in [-0.39, 0.29) is 0 Å². The van der Waals surface area contributed by atoms with Gasteiger partial charge in [-0.1, -0.05) is 0 Å². The SMILES string of the molecule is CCNC(=O)NC(=O)COC(=O)c1ccc(-n2nc(C)cc2C)cc1. The number of nitrogens with one attached hydrogen (secondary N) is 2. The Bertz CT molecular complexity index is 780. The summed E-state index contributed by atoms with van der Waals surface area (Å²) in [5, 5.41) is 8.82. The standard InChI is InChI=1S/C17H20N4O4/c1-4-18-17(24)19-15(22)10-25-16(23)13-5-7-14(8-6-13)21-12(3)9-11(2)20-21/h5-9H,4,10H2,1-3H3,(H2,18,19,22,24). The van der Waals surface area contributed by atoms with Gasteiger partial charge < -0.3 is 10.1 Å². The van der Waals surface area contributed by atoms with Gasteiger partial charge in [0.25, 0.3) is 5.91 Å². The van der Waals surface area contributed by atoms with Crippen molar-refractivity contribution >= 4 is 17.9 Å². The smallest absolute Gasteiger partial charge is 0.338 e. The molecule has 0 aliphatic heterocycles. The number of amides is 3. The molecule has 1 aromatic heterocycles. The molecule has 0 saturated carbocycles. The summed E-state index contributed by atoms with van der Waals surface area (Å²) >= 11 is 0. The van der Waals surface area contributed by atoms with E-state index in [0.717, 1.165) is 17.1 Å². The average Bonchev–Trinajstić information content (AvgIpc) is 2.91. The predicted octanol–water partition coefficient (Wildman–Crippen LogP) is 1.49. The van der Waals surface area contributed by atoms with Gasteiger partial charge in [-0.05, 0) is 51.1 Å². The van der Waals surface area contributed by atoms with Crippen LogP contribution in [0.4, 0.5) is 4.79 Å². The van der Waals surface area contributed by atoms with Crippen LogP contribution in [-0.4, -0.2) is 40.8 Å². The Hall–Kier alpha value is -3.16. The minimum Gasteiger partial charge on any atom is -0.452 e. The Kier molecular flexibility index (Phi) is 5.89. The van der Waals surface area contributed by atoms with Gasteiger partial charge in [-0.2, -0.15) is 5.10 Å². The van der Waals surface area contributed by atoms with Crippen LogP contribution in [0, 0.1) is 13.8 Å². The molecule has 0 aliphatic rings. The van der Waals surface area contributed by atoms with E-state index in [2.05, 4.69) is 10.4 Å². The van der Waals surface area contributed by atoms with Crippen LogP contribution in [-0.2, 0) is 9.53 Å². The van der Waals surface area contributed by atoms with Gasteiger partial charge >= 0.3 is 12.0 Å². The molecule has 0 unspecified atom stereocenters. The second-order valence-corrected chi connectivity index (χ2v) is 5.37. The topological polar surface area (TPSA) is 102 Å². The summed E-state index contributed by atoms with van der Waals surface area (Å²) in [5.41, 5.74) is 3.00. The fourth-order valence-corrected chi connectivity index (χ4v) is 2.21. The summed E-state index contributed by atoms with van der Waals surface area (Å²) in [5.74, 6) is -1.34. The van der Waals surface area contributed by atoms with Crippen LogP contribution < -0.4 is 10.6 Å². The highest BCUT2D eigenvalue weighted by molar-refractivity contribution is 5.97. The van der Waals surface area contributed by atoms with Crippen LogP contribution in [0.2, 0.25) is 0 Å². The molecule has 3 amide bonds. The highest BCUT2D eigenvalue weighted by atomic mass is 16.5. The molecule has 0 aliphatic carbocycles. The normalized spacial score (nSPS) is 10.2. The van der Waals surface area contributed by atoms with Crippen LogP contribution in [0.5, 0.6) is 0 Å². The summed E-state index contributed by atoms with van der Waals surface area (Å²) in [6.45, 7) is 5.42. The number of aromatic nitrogens is 2. The van der Waals surface area contributed by atoms with Gasteiger partial charge in [-0.25, -0.2) is 14.3 Å². The molecule has 1 heterocycles. The van der Waals surface area contributed by atoms with Crippen molar-refractivity contribution in [3.63, 3.8) is 0 Å². The number of nitrogens with zero attached hydrogens (tertiary/aromatic N) is 2. The van der Waals surface area contributed by atoms with E-state index in [1.807, 2.05) is 25.2 Å². The van der Waals surface area contributed by atoms with Crippen molar-refractivity contribution in [2.45, 2.75) is 20.8 Å². The van der Waals surface area contributed by atoms with Crippen molar-refractivity contribution < 1.29 is 19.1 Å². The first-order valence-corrected chi connectivity index (χ1v) is 7.79. The molecule has 0 radical (unpaired) electrons. The maximum atomic E-state index is 12.0. The summed E-state index contributed by atoms with van der Waals surface area (Å²) in [6.07, 6.45) is 0. The van der Waals surface area contributed by atoms with Gasteiger partial charge in [0.15, 0.2) is 6.61 Å². The van der Waals surface area contributed by atoms with E-state index < -0.39 is 24.5 Å². The number of imide groups is 1. The van der Waals surface area contributed by atoms with Crippen molar-refractivity contribution in [1.82, 2.24) is 20.4 Å². The minimum absolute atomic E-state index is 0.302. The molecular weight excluding hydrogens is 324 g/mol. The van der Waals surface area contributed by atoms with Crippen molar-refractivity contribution in [2.75, 3.05) is 13.2 Å². The number of ether oxygens (including phenoxy) is 1. The molecule has 2 N–H and O–H groups in total. The van der Waals surface area contributed by atoms with Crippen molar-refractivity contribution in [3.05, 3.63) is 47.3 Å². The molecule has 25 heavy (non-hydrogen) atoms. The second kappa shape index (κ2) is 8.09. The quantitative estimate of drug-likeness (QED) is 0.800. The molecule has 8 nitrogen and oxygen atoms in total. The van der Waals surface area contributed by atoms with Gasteiger partial charge in [-0.15, -0.1) is 0 Å². The van der Waals surface area contributed by atoms with Gasteiger partial charge in [0.1, 0.15) is 0 Å². The first-order valence-electron chi connectivity index (χ1n) is 7.79. The van der Waals surface area contributed by atoms with Crippen molar-refractivity contribution in [1.29, 1.82) is 0 Å². The molecule has 8 heteroatoms. The van der Waals surface area contributed by atoms with Gasteiger partial charge in [-0.3, -0.25) is 10.1 Å². The molecule has 2 aromatic rings. The number of hydrogen-bond donors (Lipinski definition) is 2. The van der Waals surface area contributed by atoms with E-state index in [9.17, 15) is 14.4 Å². The third-order valence-corrected chi connectivity index (χ3v) is 3.28. The number of benzene rings is 1. The Morgan fingerprint density at radius 2 is 1.84 bits per heavy atom. The number of rotatable bonds is 5. The second-order valence-electron chi connectivity index (χ2n) is 5.37. The highest BCUT2D eigenvalue weighted by Crippen LogP contribution is 2.13. The van der Waals surface area contributed by atoms with Crippen LogP contribution in [0.3, 0.4) is 0 Å². The minimum atomic E-state index is -0.696. The highest BCUT2D eigenvalue weighted by Gasteiger charge is 2.12. The van der Waals surface area contributed by atoms with Gasteiger partial charge in [0.2, 0.25) is 0 Å². The third-order valence-electron chi connectivity index (χ3n) is 3.28. The maximum absolute atomic E-state index is 12.0. The average molecular weight is 344 g/mol. The zero-order valence-corrected chi connectivity index (χ0v) is 14.3. The first kappa shape index (κ1) is 18.2. The molecule has 0 fully saturated rings. The molecule has 0 bridgehead atoms. The molecular formula is C17H20N4O4. The zero-order chi connectivity index (χ0) is 18.4. The first-order chi connectivity index (χ1) is 11.9. The van der Waals surface area contributed by atoms with Crippen LogP contribution in [0.1, 0.15) is 28.7 Å². The number of carbonyl (C=O) groups excluding carboxylic acids is 3. The lowest BCUT2D eigenvalue weighted by Crippen LogP contribution is -2.41. The monoisotopic (exact) mass is 344 g/mol. The van der Waals surface area contributed by atoms with E-state index in [0.29, 0.717) is 12.1 Å². The van der Waals surface area contributed by atoms with Crippen LogP contribution >= 0.6 is 0 Å². The molecule has 2 rings (SSSR count). The Labute approximate surface area is 145 Å². The molecule has 0 atom stereocenters. The summed E-state index contributed by atoms with van der Waals surface area (Å²) in [7, 11) is 0. The van der Waals surface area contributed by atoms with Gasteiger partial charge in [0.05, 0.1) is 16.9 Å². The number of aryl methyl sites for hydroxylation is 2. The van der Waals surface area contributed by atoms with E-state index >= 15 is 0 Å². The summed E-state index contributed by atoms with van der Waals surface area (Å²) < 4.78 is 6.66. The van der Waals surface area contributed by atoms with E-state index in [4.69, 9.17) is 4.74 Å². The molecule has 0 saturated heterocycles. The summed E-state index contributed by atoms with van der Waals surface area (Å²) in [6, 6.07) is 7.99. The Morgan fingerprint density at radius 1 is 1.16 bits per heavy atom. The largest absolute Gasteiger partial charge is 0.452 e. The lowest BCUT2D eigenvalue weighted by Gasteiger charge is -2.07.